The maximum atomic E-state index is 12.8. The molecule has 1 aromatic heterocycles. The molecule has 0 radical (unpaired) electrons. The largest absolute Gasteiger partial charge is 0.370 e. The summed E-state index contributed by atoms with van der Waals surface area (Å²) in [6.45, 7) is 1.80. The number of hydrogen-bond donors (Lipinski definition) is 2. The molecule has 0 atom stereocenters. The Kier molecular flexibility index (Phi) is 7.37. The predicted octanol–water partition coefficient (Wildman–Crippen LogP) is 3.57. The van der Waals surface area contributed by atoms with E-state index in [1.165, 1.54) is 19.3 Å². The molecular weight excluding hydrogens is 350 g/mol. The zero-order valence-electron chi connectivity index (χ0n) is 16.9. The highest BCUT2D eigenvalue weighted by Gasteiger charge is 2.19. The molecule has 1 aromatic carbocycles. The second-order valence-electron chi connectivity index (χ2n) is 7.72. The summed E-state index contributed by atoms with van der Waals surface area (Å²) in [6.07, 6.45) is 6.74. The van der Waals surface area contributed by atoms with Gasteiger partial charge in [-0.15, -0.1) is 0 Å². The van der Waals surface area contributed by atoms with Crippen LogP contribution < -0.4 is 10.6 Å². The van der Waals surface area contributed by atoms with E-state index in [0.717, 1.165) is 37.9 Å². The number of anilines is 1. The van der Waals surface area contributed by atoms with Gasteiger partial charge in [0.2, 0.25) is 0 Å². The Hall–Kier alpha value is -2.47. The number of hydrogen-bond acceptors (Lipinski definition) is 5. The Balaban J connectivity index is 1.77. The molecular formula is C22H31N5O. The molecule has 1 fully saturated rings. The molecule has 6 heteroatoms. The predicted molar refractivity (Wildman–Crippen MR) is 113 cm³/mol. The van der Waals surface area contributed by atoms with Gasteiger partial charge in [-0.1, -0.05) is 49.6 Å². The number of benzene rings is 1. The van der Waals surface area contributed by atoms with Gasteiger partial charge in [0, 0.05) is 24.2 Å². The summed E-state index contributed by atoms with van der Waals surface area (Å²) in [4.78, 5) is 24.2. The zero-order valence-corrected chi connectivity index (χ0v) is 16.9. The molecule has 0 saturated heterocycles. The standard InChI is InChI=1S/C22H31N5O/c1-27(2)15-9-14-23-20-16-19(22(28)24-18-12-7-4-8-13-18)25-21(26-20)17-10-5-3-6-11-17/h3,5-6,10-11,16,18H,4,7-9,12-15H2,1-2H3,(H,24,28)(H,23,25,26). The van der Waals surface area contributed by atoms with Gasteiger partial charge in [-0.25, -0.2) is 9.97 Å². The number of amides is 1. The van der Waals surface area contributed by atoms with Crippen molar-refractivity contribution in [3.8, 4) is 11.4 Å². The minimum absolute atomic E-state index is 0.108. The Labute approximate surface area is 167 Å². The molecule has 0 spiro atoms. The van der Waals surface area contributed by atoms with Crippen LogP contribution in [0.1, 0.15) is 49.0 Å². The van der Waals surface area contributed by atoms with Crippen LogP contribution in [0.25, 0.3) is 11.4 Å². The lowest BCUT2D eigenvalue weighted by molar-refractivity contribution is 0.0922. The first-order chi connectivity index (χ1) is 13.6. The third-order valence-corrected chi connectivity index (χ3v) is 5.02. The second-order valence-corrected chi connectivity index (χ2v) is 7.72. The molecule has 150 valence electrons. The number of nitrogens with one attached hydrogen (secondary N) is 2. The first kappa shape index (κ1) is 20.3. The lowest BCUT2D eigenvalue weighted by Crippen LogP contribution is -2.36. The molecule has 1 aliphatic carbocycles. The van der Waals surface area contributed by atoms with Crippen LogP contribution in [0.15, 0.2) is 36.4 Å². The monoisotopic (exact) mass is 381 g/mol. The van der Waals surface area contributed by atoms with Crippen molar-refractivity contribution in [1.29, 1.82) is 0 Å². The van der Waals surface area contributed by atoms with E-state index in [1.807, 2.05) is 30.3 Å². The molecule has 2 N–H and O–H groups in total. The SMILES string of the molecule is CN(C)CCCNc1cc(C(=O)NC2CCCCC2)nc(-c2ccccc2)n1. The number of carbonyl (C=O) groups is 1. The fraction of sp³-hybridized carbons (Fsp3) is 0.500. The number of aromatic nitrogens is 2. The lowest BCUT2D eigenvalue weighted by Gasteiger charge is -2.22. The smallest absolute Gasteiger partial charge is 0.270 e. The summed E-state index contributed by atoms with van der Waals surface area (Å²) in [5.41, 5.74) is 1.33. The van der Waals surface area contributed by atoms with Gasteiger partial charge in [0.1, 0.15) is 11.5 Å². The van der Waals surface area contributed by atoms with Gasteiger partial charge < -0.3 is 15.5 Å². The van der Waals surface area contributed by atoms with Crippen molar-refractivity contribution in [2.75, 3.05) is 32.5 Å². The molecule has 28 heavy (non-hydrogen) atoms. The van der Waals surface area contributed by atoms with Gasteiger partial charge in [-0.2, -0.15) is 0 Å². The summed E-state index contributed by atoms with van der Waals surface area (Å²) in [6, 6.07) is 11.8. The molecule has 3 rings (SSSR count). The average molecular weight is 382 g/mol. The second kappa shape index (κ2) is 10.2. The molecule has 2 aromatic rings. The fourth-order valence-electron chi connectivity index (χ4n) is 3.49. The molecule has 1 heterocycles. The van der Waals surface area contributed by atoms with E-state index >= 15 is 0 Å². The quantitative estimate of drug-likeness (QED) is 0.684. The Morgan fingerprint density at radius 2 is 1.86 bits per heavy atom. The van der Waals surface area contributed by atoms with E-state index < -0.39 is 0 Å². The molecule has 1 saturated carbocycles. The molecule has 0 bridgehead atoms. The third-order valence-electron chi connectivity index (χ3n) is 5.02. The van der Waals surface area contributed by atoms with Gasteiger partial charge in [-0.05, 0) is 39.9 Å². The minimum Gasteiger partial charge on any atom is -0.370 e. The van der Waals surface area contributed by atoms with Crippen LogP contribution in [0.2, 0.25) is 0 Å². The third kappa shape index (κ3) is 6.02. The van der Waals surface area contributed by atoms with Crippen molar-refractivity contribution >= 4 is 11.7 Å². The maximum absolute atomic E-state index is 12.8. The summed E-state index contributed by atoms with van der Waals surface area (Å²) in [7, 11) is 4.12. The minimum atomic E-state index is -0.108. The van der Waals surface area contributed by atoms with Crippen LogP contribution in [-0.2, 0) is 0 Å². The van der Waals surface area contributed by atoms with Crippen LogP contribution in [-0.4, -0.2) is 54.0 Å². The molecule has 0 unspecified atom stereocenters. The van der Waals surface area contributed by atoms with Gasteiger partial charge >= 0.3 is 0 Å². The van der Waals surface area contributed by atoms with Crippen LogP contribution in [0.4, 0.5) is 5.82 Å². The van der Waals surface area contributed by atoms with E-state index in [-0.39, 0.29) is 11.9 Å². The topological polar surface area (TPSA) is 70.2 Å². The first-order valence-electron chi connectivity index (χ1n) is 10.3. The van der Waals surface area contributed by atoms with Crippen molar-refractivity contribution in [2.45, 2.75) is 44.6 Å². The zero-order chi connectivity index (χ0) is 19.8. The van der Waals surface area contributed by atoms with Crippen molar-refractivity contribution in [3.63, 3.8) is 0 Å². The van der Waals surface area contributed by atoms with Gasteiger partial charge in [-0.3, -0.25) is 4.79 Å². The molecule has 1 amide bonds. The summed E-state index contributed by atoms with van der Waals surface area (Å²) < 4.78 is 0. The fourth-order valence-corrected chi connectivity index (χ4v) is 3.49. The van der Waals surface area contributed by atoms with Crippen molar-refractivity contribution in [1.82, 2.24) is 20.2 Å². The highest BCUT2D eigenvalue weighted by Crippen LogP contribution is 2.20. The number of rotatable bonds is 8. The van der Waals surface area contributed by atoms with Crippen LogP contribution in [0, 0.1) is 0 Å². The molecule has 6 nitrogen and oxygen atoms in total. The Morgan fingerprint density at radius 1 is 1.11 bits per heavy atom. The Bertz CT molecular complexity index is 757. The summed E-state index contributed by atoms with van der Waals surface area (Å²) >= 11 is 0. The van der Waals surface area contributed by atoms with E-state index in [1.54, 1.807) is 6.07 Å². The molecule has 1 aliphatic rings. The summed E-state index contributed by atoms with van der Waals surface area (Å²) in [5.74, 6) is 1.16. The van der Waals surface area contributed by atoms with E-state index in [9.17, 15) is 4.79 Å². The normalized spacial score (nSPS) is 14.8. The highest BCUT2D eigenvalue weighted by molar-refractivity contribution is 5.93. The highest BCUT2D eigenvalue weighted by atomic mass is 16.1. The summed E-state index contributed by atoms with van der Waals surface area (Å²) in [5, 5.41) is 6.51. The van der Waals surface area contributed by atoms with E-state index in [2.05, 4.69) is 39.6 Å². The average Bonchev–Trinajstić information content (AvgIpc) is 2.72. The van der Waals surface area contributed by atoms with Crippen molar-refractivity contribution < 1.29 is 4.79 Å². The van der Waals surface area contributed by atoms with Crippen molar-refractivity contribution in [2.24, 2.45) is 0 Å². The van der Waals surface area contributed by atoms with E-state index in [4.69, 9.17) is 0 Å². The van der Waals surface area contributed by atoms with Crippen LogP contribution in [0.3, 0.4) is 0 Å². The number of nitrogens with zero attached hydrogens (tertiary/aromatic N) is 3. The van der Waals surface area contributed by atoms with Crippen LogP contribution in [0.5, 0.6) is 0 Å². The van der Waals surface area contributed by atoms with Gasteiger partial charge in [0.05, 0.1) is 0 Å². The molecule has 0 aliphatic heterocycles. The number of carbonyl (C=O) groups excluding carboxylic acids is 1. The van der Waals surface area contributed by atoms with Crippen molar-refractivity contribution in [3.05, 3.63) is 42.1 Å². The van der Waals surface area contributed by atoms with Crippen LogP contribution >= 0.6 is 0 Å². The Morgan fingerprint density at radius 3 is 2.57 bits per heavy atom. The first-order valence-corrected chi connectivity index (χ1v) is 10.3. The van der Waals surface area contributed by atoms with Gasteiger partial charge in [0.15, 0.2) is 5.82 Å². The lowest BCUT2D eigenvalue weighted by atomic mass is 9.95. The van der Waals surface area contributed by atoms with Gasteiger partial charge in [0.25, 0.3) is 5.91 Å². The maximum Gasteiger partial charge on any atom is 0.270 e. The van der Waals surface area contributed by atoms with E-state index in [0.29, 0.717) is 17.3 Å².